The highest BCUT2D eigenvalue weighted by molar-refractivity contribution is 7.47. The summed E-state index contributed by atoms with van der Waals surface area (Å²) in [5.74, 6) is -0.169. The van der Waals surface area contributed by atoms with Gasteiger partial charge in [0.05, 0.1) is 39.9 Å². The van der Waals surface area contributed by atoms with Gasteiger partial charge in [-0.2, -0.15) is 0 Å². The molecule has 0 aliphatic rings. The third-order valence-electron chi connectivity index (χ3n) is 15.1. The lowest BCUT2D eigenvalue weighted by atomic mass is 10.0. The highest BCUT2D eigenvalue weighted by Crippen LogP contribution is 2.43. The van der Waals surface area contributed by atoms with Gasteiger partial charge in [0.1, 0.15) is 13.2 Å². The van der Waals surface area contributed by atoms with Crippen molar-refractivity contribution in [3.8, 4) is 0 Å². The number of allylic oxidation sites excluding steroid dienone is 16. The molecule has 0 aliphatic carbocycles. The highest BCUT2D eigenvalue weighted by atomic mass is 31.2. The van der Waals surface area contributed by atoms with Crippen molar-refractivity contribution in [3.05, 3.63) is 97.2 Å². The number of aliphatic hydroxyl groups is 1. The summed E-state index contributed by atoms with van der Waals surface area (Å²) in [4.78, 5) is 23.4. The Morgan fingerprint density at radius 1 is 0.432 bits per heavy atom. The number of nitrogens with zero attached hydrogens (tertiary/aromatic N) is 1. The Morgan fingerprint density at radius 3 is 1.09 bits per heavy atom. The molecule has 470 valence electrons. The Hall–Kier alpha value is -2.58. The predicted octanol–water partition coefficient (Wildman–Crippen LogP) is 21.7. The minimum Gasteiger partial charge on any atom is -0.391 e. The van der Waals surface area contributed by atoms with Crippen LogP contribution in [0.3, 0.4) is 0 Å². The Labute approximate surface area is 502 Å². The monoisotopic (exact) mass is 1150 g/mol. The van der Waals surface area contributed by atoms with Gasteiger partial charge in [-0.15, -0.1) is 0 Å². The van der Waals surface area contributed by atoms with Crippen molar-refractivity contribution >= 4 is 13.7 Å². The number of quaternary nitrogens is 1. The molecule has 81 heavy (non-hydrogen) atoms. The molecular weight excluding hydrogens is 1020 g/mol. The van der Waals surface area contributed by atoms with Crippen LogP contribution in [0, 0.1) is 0 Å². The van der Waals surface area contributed by atoms with Gasteiger partial charge in [0.2, 0.25) is 5.91 Å². The van der Waals surface area contributed by atoms with Crippen LogP contribution >= 0.6 is 7.82 Å². The highest BCUT2D eigenvalue weighted by Gasteiger charge is 2.28. The largest absolute Gasteiger partial charge is 0.472 e. The lowest BCUT2D eigenvalue weighted by Crippen LogP contribution is -2.46. The maximum absolute atomic E-state index is 13.1. The van der Waals surface area contributed by atoms with E-state index in [0.717, 1.165) is 103 Å². The molecule has 3 N–H and O–H groups in total. The molecule has 0 heterocycles. The summed E-state index contributed by atoms with van der Waals surface area (Å²) in [7, 11) is 1.59. The maximum Gasteiger partial charge on any atom is 0.472 e. The fourth-order valence-electron chi connectivity index (χ4n) is 9.83. The SMILES string of the molecule is CC/C=C\C/C=C\C/C=C\C/C=C\C/C=C\C/C=C\C/C=C\C/C=C\CCCCCCC(=O)NC(COP(=O)(O)OCC[N+](C)(C)C)C(O)CCCCCCCCCCCCCCCCCCCCCCCCCCCCCCCC. The summed E-state index contributed by atoms with van der Waals surface area (Å²) in [6.07, 6.45) is 89.3. The number of phosphoric ester groups is 1. The van der Waals surface area contributed by atoms with Gasteiger partial charge in [0, 0.05) is 6.42 Å². The number of aliphatic hydroxyl groups excluding tert-OH is 1. The van der Waals surface area contributed by atoms with Crippen molar-refractivity contribution < 1.29 is 32.9 Å². The van der Waals surface area contributed by atoms with Crippen molar-refractivity contribution in [2.45, 2.75) is 315 Å². The summed E-state index contributed by atoms with van der Waals surface area (Å²) in [5.41, 5.74) is 0. The van der Waals surface area contributed by atoms with E-state index < -0.39 is 20.0 Å². The molecule has 1 amide bonds. The second-order valence-corrected chi connectivity index (χ2v) is 25.6. The van der Waals surface area contributed by atoms with Crippen LogP contribution in [0.1, 0.15) is 303 Å². The lowest BCUT2D eigenvalue weighted by Gasteiger charge is -2.26. The molecule has 0 aromatic heterocycles. The Bertz CT molecular complexity index is 1640. The van der Waals surface area contributed by atoms with Gasteiger partial charge in [0.15, 0.2) is 0 Å². The van der Waals surface area contributed by atoms with Crippen LogP contribution in [0.15, 0.2) is 97.2 Å². The van der Waals surface area contributed by atoms with E-state index >= 15 is 0 Å². The molecule has 0 spiro atoms. The number of unbranched alkanes of at least 4 members (excludes halogenated alkanes) is 33. The molecule has 0 saturated carbocycles. The number of rotatable bonds is 62. The van der Waals surface area contributed by atoms with E-state index in [1.54, 1.807) is 0 Å². The van der Waals surface area contributed by atoms with E-state index in [2.05, 4.69) is 116 Å². The van der Waals surface area contributed by atoms with Gasteiger partial charge in [-0.05, 0) is 77.0 Å². The van der Waals surface area contributed by atoms with Crippen LogP contribution < -0.4 is 5.32 Å². The van der Waals surface area contributed by atoms with Gasteiger partial charge in [-0.1, -0.05) is 317 Å². The van der Waals surface area contributed by atoms with E-state index in [1.165, 1.54) is 173 Å². The molecule has 0 aromatic rings. The van der Waals surface area contributed by atoms with Crippen LogP contribution in [0.25, 0.3) is 0 Å². The number of hydrogen-bond donors (Lipinski definition) is 3. The summed E-state index contributed by atoms with van der Waals surface area (Å²) in [6, 6.07) is -0.784. The first kappa shape index (κ1) is 78.4. The van der Waals surface area contributed by atoms with E-state index in [0.29, 0.717) is 23.9 Å². The number of phosphoric acid groups is 1. The molecule has 3 atom stereocenters. The Kier molecular flexibility index (Phi) is 60.0. The minimum absolute atomic E-state index is 0.0646. The fourth-order valence-corrected chi connectivity index (χ4v) is 10.6. The predicted molar refractivity (Wildman–Crippen MR) is 355 cm³/mol. The average molecular weight is 1150 g/mol. The topological polar surface area (TPSA) is 105 Å². The summed E-state index contributed by atoms with van der Waals surface area (Å²) < 4.78 is 23.9. The zero-order valence-corrected chi connectivity index (χ0v) is 54.6. The van der Waals surface area contributed by atoms with Crippen LogP contribution in [0.2, 0.25) is 0 Å². The summed E-state index contributed by atoms with van der Waals surface area (Å²) >= 11 is 0. The van der Waals surface area contributed by atoms with Crippen LogP contribution in [-0.2, 0) is 18.4 Å². The molecule has 0 bridgehead atoms. The fraction of sp³-hybridized carbons (Fsp3) is 0.764. The molecule has 0 rings (SSSR count). The standard InChI is InChI=1S/C72H131N2O6P/c1-6-8-10-12-14-16-18-20-22-24-26-28-30-32-34-36-38-39-41-43-45-47-49-51-53-55-57-59-61-63-65-71(75)70(69-80-81(77,78)79-68-67-74(3,4)5)73-72(76)66-64-62-60-58-56-54-52-50-48-46-44-42-40-37-35-33-31-29-27-25-23-21-19-17-15-13-11-9-7-2/h9,11,15,17,21,23,27,29,33,35,40,42,46,48,52,54,70-71,75H,6-8,10,12-14,16,18-20,22,24-26,28,30-32,34,36-39,41,43-45,47,49-51,53,55-69H2,1-5H3,(H-,73,76,77,78)/p+1/b11-9-,17-15-,23-21-,29-27-,35-33-,42-40-,48-46-,54-52-. The number of hydrogen-bond acceptors (Lipinski definition) is 5. The van der Waals surface area contributed by atoms with Crippen molar-refractivity contribution in [2.24, 2.45) is 0 Å². The Morgan fingerprint density at radius 2 is 0.741 bits per heavy atom. The van der Waals surface area contributed by atoms with Gasteiger partial charge in [0.25, 0.3) is 0 Å². The number of likely N-dealkylation sites (N-methyl/N-ethyl adjacent to an activating group) is 1. The second kappa shape index (κ2) is 62.0. The van der Waals surface area contributed by atoms with Crippen molar-refractivity contribution in [2.75, 3.05) is 40.9 Å². The molecular formula is C72H132N2O6P+. The van der Waals surface area contributed by atoms with Gasteiger partial charge in [-0.3, -0.25) is 13.8 Å². The third-order valence-corrected chi connectivity index (χ3v) is 16.1. The molecule has 8 nitrogen and oxygen atoms in total. The number of nitrogens with one attached hydrogen (secondary N) is 1. The molecule has 0 aromatic carbocycles. The quantitative estimate of drug-likeness (QED) is 0.0243. The number of carbonyl (C=O) groups excluding carboxylic acids is 1. The normalized spacial score (nSPS) is 14.3. The zero-order valence-electron chi connectivity index (χ0n) is 53.8. The second-order valence-electron chi connectivity index (χ2n) is 24.2. The van der Waals surface area contributed by atoms with Crippen LogP contribution in [-0.4, -0.2) is 73.4 Å². The van der Waals surface area contributed by atoms with Crippen LogP contribution in [0.4, 0.5) is 0 Å². The van der Waals surface area contributed by atoms with E-state index in [9.17, 15) is 19.4 Å². The summed E-state index contributed by atoms with van der Waals surface area (Å²) in [6.45, 7) is 4.78. The van der Waals surface area contributed by atoms with Gasteiger partial charge >= 0.3 is 7.82 Å². The molecule has 9 heteroatoms. The van der Waals surface area contributed by atoms with Gasteiger partial charge in [-0.25, -0.2) is 4.57 Å². The molecule has 0 aliphatic heterocycles. The summed E-state index contributed by atoms with van der Waals surface area (Å²) in [5, 5.41) is 14.1. The molecule has 0 fully saturated rings. The maximum atomic E-state index is 13.1. The van der Waals surface area contributed by atoms with Gasteiger partial charge < -0.3 is 19.8 Å². The van der Waals surface area contributed by atoms with Crippen molar-refractivity contribution in [1.82, 2.24) is 5.32 Å². The smallest absolute Gasteiger partial charge is 0.391 e. The first-order valence-corrected chi connectivity index (χ1v) is 35.6. The van der Waals surface area contributed by atoms with Crippen molar-refractivity contribution in [1.29, 1.82) is 0 Å². The molecule has 3 unspecified atom stereocenters. The van der Waals surface area contributed by atoms with Crippen molar-refractivity contribution in [3.63, 3.8) is 0 Å². The zero-order chi connectivity index (χ0) is 59.1. The Balaban J connectivity index is 4.15. The third kappa shape index (κ3) is 64.8. The number of amides is 1. The van der Waals surface area contributed by atoms with E-state index in [-0.39, 0.29) is 19.1 Å². The van der Waals surface area contributed by atoms with E-state index in [4.69, 9.17) is 9.05 Å². The minimum atomic E-state index is -4.35. The first-order chi connectivity index (χ1) is 39.5. The molecule has 0 radical (unpaired) electrons. The lowest BCUT2D eigenvalue weighted by molar-refractivity contribution is -0.870. The first-order valence-electron chi connectivity index (χ1n) is 34.1. The van der Waals surface area contributed by atoms with Crippen LogP contribution in [0.5, 0.6) is 0 Å². The van der Waals surface area contributed by atoms with E-state index in [1.807, 2.05) is 21.1 Å². The molecule has 0 saturated heterocycles. The average Bonchev–Trinajstić information content (AvgIpc) is 3.43. The number of carbonyl (C=O) groups is 1.